The molecule has 0 radical (unpaired) electrons. The van der Waals surface area contributed by atoms with Crippen LogP contribution in [0.1, 0.15) is 55.6 Å². The molecule has 3 aliphatic carbocycles. The fourth-order valence-corrected chi connectivity index (χ4v) is 7.74. The molecule has 1 N–H and O–H groups in total. The Balaban J connectivity index is 1.27. The van der Waals surface area contributed by atoms with Crippen molar-refractivity contribution in [2.75, 3.05) is 26.5 Å². The van der Waals surface area contributed by atoms with E-state index in [1.807, 2.05) is 80.5 Å². The number of carbonyl (C=O) groups is 3. The molecule has 230 valence electrons. The van der Waals surface area contributed by atoms with E-state index in [-0.39, 0.29) is 29.8 Å². The van der Waals surface area contributed by atoms with Gasteiger partial charge in [-0.1, -0.05) is 30.3 Å². The molecule has 2 aromatic heterocycles. The largest absolute Gasteiger partial charge is 0.470 e. The molecule has 3 aliphatic rings. The fourth-order valence-electron chi connectivity index (χ4n) is 7.74. The van der Waals surface area contributed by atoms with Crippen LogP contribution in [0.25, 0.3) is 0 Å². The van der Waals surface area contributed by atoms with Crippen molar-refractivity contribution in [2.24, 2.45) is 17.8 Å². The molecule has 0 aliphatic heterocycles. The second-order valence-electron chi connectivity index (χ2n) is 12.4. The molecule has 2 heterocycles. The Morgan fingerprint density at radius 1 is 1.02 bits per heavy atom. The second kappa shape index (κ2) is 11.0. The van der Waals surface area contributed by atoms with Gasteiger partial charge in [0.05, 0.1) is 12.0 Å². The van der Waals surface area contributed by atoms with Crippen molar-refractivity contribution in [2.45, 2.75) is 38.0 Å². The van der Waals surface area contributed by atoms with Crippen LogP contribution in [0.3, 0.4) is 0 Å². The monoisotopic (exact) mass is 606 g/mol. The number of ether oxygens (including phenoxy) is 2. The second-order valence-corrected chi connectivity index (χ2v) is 12.4. The highest BCUT2D eigenvalue weighted by atomic mass is 16.5. The minimum atomic E-state index is -1.89. The first-order chi connectivity index (χ1) is 21.7. The molecular formula is C35H34N4O6. The Hall–Kier alpha value is -4.67. The molecule has 0 amide bonds. The van der Waals surface area contributed by atoms with E-state index in [9.17, 15) is 14.4 Å². The van der Waals surface area contributed by atoms with Crippen LogP contribution in [0.2, 0.25) is 0 Å². The number of fused-ring (bicyclic) bond motifs is 4. The van der Waals surface area contributed by atoms with Crippen LogP contribution < -0.4 is 10.1 Å². The zero-order valence-electron chi connectivity index (χ0n) is 25.6. The van der Waals surface area contributed by atoms with Gasteiger partial charge < -0.3 is 19.3 Å². The summed E-state index contributed by atoms with van der Waals surface area (Å²) in [5.74, 6) is -2.89. The van der Waals surface area contributed by atoms with Crippen LogP contribution in [0.15, 0.2) is 71.5 Å². The van der Waals surface area contributed by atoms with E-state index in [0.717, 1.165) is 28.1 Å². The molecule has 4 aromatic rings. The highest BCUT2D eigenvalue weighted by Gasteiger charge is 2.68. The van der Waals surface area contributed by atoms with Crippen molar-refractivity contribution in [3.63, 3.8) is 0 Å². The van der Waals surface area contributed by atoms with Crippen molar-refractivity contribution >= 4 is 28.7 Å². The van der Waals surface area contributed by atoms with Crippen molar-refractivity contribution in [1.82, 2.24) is 15.0 Å². The Morgan fingerprint density at radius 3 is 2.49 bits per heavy atom. The summed E-state index contributed by atoms with van der Waals surface area (Å²) in [7, 11) is 5.12. The predicted octanol–water partition coefficient (Wildman–Crippen LogP) is 5.15. The van der Waals surface area contributed by atoms with Crippen molar-refractivity contribution in [3.8, 4) is 5.88 Å². The van der Waals surface area contributed by atoms with Gasteiger partial charge in [-0.2, -0.15) is 0 Å². The number of nitrogens with one attached hydrogen (secondary N) is 1. The number of nitrogens with zero attached hydrogens (tertiary/aromatic N) is 3. The van der Waals surface area contributed by atoms with Crippen LogP contribution in [0, 0.1) is 24.7 Å². The molecule has 0 saturated heterocycles. The number of carbonyl (C=O) groups excluding carboxylic acids is 3. The normalized spacial score (nSPS) is 25.3. The summed E-state index contributed by atoms with van der Waals surface area (Å²) in [5, 5.41) is 7.54. The van der Waals surface area contributed by atoms with Crippen molar-refractivity contribution < 1.29 is 28.4 Å². The molecule has 1 fully saturated rings. The first-order valence-corrected chi connectivity index (χ1v) is 15.1. The third kappa shape index (κ3) is 4.50. The van der Waals surface area contributed by atoms with Gasteiger partial charge in [0.15, 0.2) is 22.9 Å². The van der Waals surface area contributed by atoms with Crippen molar-refractivity contribution in [1.29, 1.82) is 0 Å². The Labute approximate surface area is 260 Å². The lowest BCUT2D eigenvalue weighted by molar-refractivity contribution is -0.159. The number of Topliss-reactive ketones (excluding diaryl/α,β-unsaturated/α-hetero) is 3. The molecule has 7 rings (SSSR count). The van der Waals surface area contributed by atoms with E-state index in [0.29, 0.717) is 24.2 Å². The zero-order chi connectivity index (χ0) is 31.5. The zero-order valence-corrected chi connectivity index (χ0v) is 25.6. The highest BCUT2D eigenvalue weighted by Crippen LogP contribution is 2.56. The number of aromatic nitrogens is 2. The van der Waals surface area contributed by atoms with Gasteiger partial charge in [0.25, 0.3) is 5.88 Å². The van der Waals surface area contributed by atoms with Crippen molar-refractivity contribution in [3.05, 3.63) is 101 Å². The summed E-state index contributed by atoms with van der Waals surface area (Å²) in [6.45, 7) is 2.04. The first kappa shape index (κ1) is 29.1. The minimum absolute atomic E-state index is 0.0147. The van der Waals surface area contributed by atoms with Crippen LogP contribution in [-0.4, -0.2) is 59.2 Å². The number of anilines is 2. The average Bonchev–Trinajstić information content (AvgIpc) is 3.44. The molecule has 45 heavy (non-hydrogen) atoms. The number of ketones is 3. The number of aryl methyl sites for hydroxylation is 1. The molecule has 5 atom stereocenters. The van der Waals surface area contributed by atoms with Gasteiger partial charge in [-0.25, -0.2) is 0 Å². The molecule has 0 bridgehead atoms. The van der Waals surface area contributed by atoms with Gasteiger partial charge in [-0.3, -0.25) is 24.3 Å². The van der Waals surface area contributed by atoms with E-state index in [4.69, 9.17) is 14.0 Å². The predicted molar refractivity (Wildman–Crippen MR) is 165 cm³/mol. The Kier molecular flexibility index (Phi) is 7.13. The van der Waals surface area contributed by atoms with Crippen LogP contribution in [-0.2, 0) is 22.6 Å². The number of benzene rings is 2. The maximum Gasteiger partial charge on any atom is 0.265 e. The molecule has 10 nitrogen and oxygen atoms in total. The molecule has 2 aromatic carbocycles. The van der Waals surface area contributed by atoms with Gasteiger partial charge in [0.2, 0.25) is 5.78 Å². The number of hydrogen-bond donors (Lipinski definition) is 1. The SMILES string of the molecule is COC12C(=O)c3c(OCc4ccccc4)noc3C(N(C)C)C1CC1Cc3cc(Nc4ccncc4)cc(C)c3C(=O)C1C2=O. The summed E-state index contributed by atoms with van der Waals surface area (Å²) in [6, 6.07) is 16.6. The lowest BCUT2D eigenvalue weighted by Crippen LogP contribution is -2.67. The molecule has 1 saturated carbocycles. The number of rotatable bonds is 7. The fraction of sp³-hybridized carbons (Fsp3) is 0.343. The third-order valence-electron chi connectivity index (χ3n) is 9.59. The van der Waals surface area contributed by atoms with E-state index >= 15 is 0 Å². The average molecular weight is 607 g/mol. The van der Waals surface area contributed by atoms with Crippen LogP contribution in [0.5, 0.6) is 5.88 Å². The van der Waals surface area contributed by atoms with Gasteiger partial charge in [-0.15, -0.1) is 0 Å². The molecule has 5 unspecified atom stereocenters. The van der Waals surface area contributed by atoms with E-state index in [1.165, 1.54) is 7.11 Å². The minimum Gasteiger partial charge on any atom is -0.470 e. The summed E-state index contributed by atoms with van der Waals surface area (Å²) >= 11 is 0. The summed E-state index contributed by atoms with van der Waals surface area (Å²) < 4.78 is 17.8. The molecule has 0 spiro atoms. The summed E-state index contributed by atoms with van der Waals surface area (Å²) in [4.78, 5) is 49.4. The molecular weight excluding hydrogens is 572 g/mol. The van der Waals surface area contributed by atoms with Crippen LogP contribution in [0.4, 0.5) is 11.4 Å². The topological polar surface area (TPSA) is 124 Å². The van der Waals surface area contributed by atoms with E-state index in [2.05, 4.69) is 15.5 Å². The number of pyridine rings is 1. The van der Waals surface area contributed by atoms with E-state index in [1.54, 1.807) is 12.4 Å². The quantitative estimate of drug-likeness (QED) is 0.283. The lowest BCUT2D eigenvalue weighted by Gasteiger charge is -2.52. The maximum absolute atomic E-state index is 14.7. The summed E-state index contributed by atoms with van der Waals surface area (Å²) in [5.41, 5.74) is 3.03. The van der Waals surface area contributed by atoms with E-state index < -0.39 is 35.0 Å². The summed E-state index contributed by atoms with van der Waals surface area (Å²) in [6.07, 6.45) is 4.35. The van der Waals surface area contributed by atoms with Gasteiger partial charge >= 0.3 is 0 Å². The first-order valence-electron chi connectivity index (χ1n) is 15.1. The smallest absolute Gasteiger partial charge is 0.265 e. The van der Waals surface area contributed by atoms with Gasteiger partial charge in [0, 0.05) is 42.4 Å². The molecule has 10 heteroatoms. The van der Waals surface area contributed by atoms with Crippen LogP contribution >= 0.6 is 0 Å². The van der Waals surface area contributed by atoms with Gasteiger partial charge in [0.1, 0.15) is 12.2 Å². The standard InChI is InChI=1S/C35H34N4O6/c1-19-14-24(37-23-10-12-36-13-11-23)16-21-15-22-17-25-29(39(2)3)31-28(34(38-45-31)44-18-20-8-6-5-7-9-20)33(42)35(25,43-4)32(41)27(22)30(40)26(19)21/h5-14,16,22,25,27,29H,15,17-18H2,1-4H3,(H,36,37). The van der Waals surface area contributed by atoms with Gasteiger partial charge in [-0.05, 0) is 85.9 Å². The maximum atomic E-state index is 14.7. The lowest BCUT2D eigenvalue weighted by atomic mass is 9.54. The number of hydrogen-bond acceptors (Lipinski definition) is 10. The Bertz CT molecular complexity index is 1800. The number of methoxy groups -OCH3 is 1. The Morgan fingerprint density at radius 2 is 1.78 bits per heavy atom. The highest BCUT2D eigenvalue weighted by molar-refractivity contribution is 6.27. The third-order valence-corrected chi connectivity index (χ3v) is 9.59.